The molecule has 1 aliphatic heterocycles. The summed E-state index contributed by atoms with van der Waals surface area (Å²) in [7, 11) is 4.10. The van der Waals surface area contributed by atoms with Crippen molar-refractivity contribution in [3.05, 3.63) is 22.4 Å². The molecule has 1 aliphatic rings. The summed E-state index contributed by atoms with van der Waals surface area (Å²) >= 11 is 1.68. The van der Waals surface area contributed by atoms with Crippen molar-refractivity contribution in [2.75, 3.05) is 53.5 Å². The number of nitrogens with zero attached hydrogens (tertiary/aromatic N) is 2. The highest BCUT2D eigenvalue weighted by atomic mass is 32.1. The van der Waals surface area contributed by atoms with Gasteiger partial charge in [0.05, 0.1) is 32.0 Å². The van der Waals surface area contributed by atoms with Crippen molar-refractivity contribution in [1.82, 2.24) is 9.80 Å². The second kappa shape index (κ2) is 8.82. The zero-order chi connectivity index (χ0) is 15.1. The van der Waals surface area contributed by atoms with E-state index in [1.54, 1.807) is 11.3 Å². The zero-order valence-electron chi connectivity index (χ0n) is 12.9. The number of aliphatic hydroxyl groups excluding tert-OH is 1. The Balaban J connectivity index is 1.63. The van der Waals surface area contributed by atoms with E-state index in [0.717, 1.165) is 26.2 Å². The fourth-order valence-corrected chi connectivity index (χ4v) is 3.15. The van der Waals surface area contributed by atoms with E-state index in [0.29, 0.717) is 19.8 Å². The number of thiophene rings is 1. The van der Waals surface area contributed by atoms with Gasteiger partial charge in [-0.15, -0.1) is 11.3 Å². The van der Waals surface area contributed by atoms with Gasteiger partial charge in [-0.3, -0.25) is 4.90 Å². The Labute approximate surface area is 131 Å². The first-order chi connectivity index (χ1) is 10.1. The third kappa shape index (κ3) is 6.42. The van der Waals surface area contributed by atoms with E-state index < -0.39 is 6.10 Å². The van der Waals surface area contributed by atoms with Crippen LogP contribution in [0.3, 0.4) is 0 Å². The molecule has 1 aromatic heterocycles. The van der Waals surface area contributed by atoms with Gasteiger partial charge in [0.2, 0.25) is 0 Å². The maximum absolute atomic E-state index is 10.1. The van der Waals surface area contributed by atoms with Crippen molar-refractivity contribution in [2.45, 2.75) is 18.8 Å². The first-order valence-electron chi connectivity index (χ1n) is 7.40. The first-order valence-corrected chi connectivity index (χ1v) is 8.28. The molecule has 1 N–H and O–H groups in total. The summed E-state index contributed by atoms with van der Waals surface area (Å²) in [4.78, 5) is 5.59. The molecule has 0 unspecified atom stereocenters. The molecule has 5 nitrogen and oxygen atoms in total. The molecule has 0 aromatic carbocycles. The fourth-order valence-electron chi connectivity index (χ4n) is 2.50. The Hall–Kier alpha value is -0.500. The van der Waals surface area contributed by atoms with Crippen LogP contribution in [0.15, 0.2) is 17.5 Å². The van der Waals surface area contributed by atoms with E-state index in [2.05, 4.69) is 23.9 Å². The van der Waals surface area contributed by atoms with E-state index in [1.165, 1.54) is 4.88 Å². The predicted octanol–water partition coefficient (Wildman–Crippen LogP) is 0.888. The van der Waals surface area contributed by atoms with Crippen LogP contribution < -0.4 is 0 Å². The van der Waals surface area contributed by atoms with E-state index in [1.807, 2.05) is 17.5 Å². The highest BCUT2D eigenvalue weighted by Gasteiger charge is 2.22. The van der Waals surface area contributed by atoms with Crippen molar-refractivity contribution in [3.8, 4) is 0 Å². The normalized spacial score (nSPS) is 21.8. The number of rotatable bonds is 8. The summed E-state index contributed by atoms with van der Waals surface area (Å²) in [6.07, 6.45) is -0.212. The number of likely N-dealkylation sites (N-methyl/N-ethyl adjacent to an activating group) is 1. The average molecular weight is 314 g/mol. The van der Waals surface area contributed by atoms with Crippen LogP contribution in [0.1, 0.15) is 4.88 Å². The van der Waals surface area contributed by atoms with Crippen LogP contribution in [0.4, 0.5) is 0 Å². The van der Waals surface area contributed by atoms with Crippen LogP contribution in [0.5, 0.6) is 0 Å². The zero-order valence-corrected chi connectivity index (χ0v) is 13.7. The molecule has 0 spiro atoms. The fraction of sp³-hybridized carbons (Fsp3) is 0.733. The van der Waals surface area contributed by atoms with Crippen LogP contribution in [-0.2, 0) is 16.1 Å². The number of ether oxygens (including phenoxy) is 2. The largest absolute Gasteiger partial charge is 0.389 e. The highest BCUT2D eigenvalue weighted by molar-refractivity contribution is 7.09. The maximum atomic E-state index is 10.1. The minimum absolute atomic E-state index is 0.230. The van der Waals surface area contributed by atoms with Gasteiger partial charge in [0.15, 0.2) is 0 Å². The molecule has 0 saturated carbocycles. The molecule has 0 amide bonds. The van der Waals surface area contributed by atoms with Crippen LogP contribution in [-0.4, -0.2) is 80.6 Å². The second-order valence-corrected chi connectivity index (χ2v) is 6.80. The Bertz CT molecular complexity index is 386. The van der Waals surface area contributed by atoms with Crippen molar-refractivity contribution in [3.63, 3.8) is 0 Å². The summed E-state index contributed by atoms with van der Waals surface area (Å²) in [5.41, 5.74) is 0. The molecule has 2 rings (SSSR count). The van der Waals surface area contributed by atoms with Gasteiger partial charge in [-0.2, -0.15) is 0 Å². The maximum Gasteiger partial charge on any atom is 0.0900 e. The quantitative estimate of drug-likeness (QED) is 0.772. The van der Waals surface area contributed by atoms with Crippen molar-refractivity contribution >= 4 is 11.3 Å². The summed E-state index contributed by atoms with van der Waals surface area (Å²) in [6, 6.07) is 4.06. The Morgan fingerprint density at radius 1 is 1.57 bits per heavy atom. The SMILES string of the molecule is CN(C)C[C@@H]1CN(C[C@H](O)COCc2cccs2)CCO1. The summed E-state index contributed by atoms with van der Waals surface area (Å²) in [6.45, 7) is 5.03. The second-order valence-electron chi connectivity index (χ2n) is 5.76. The van der Waals surface area contributed by atoms with Gasteiger partial charge >= 0.3 is 0 Å². The third-order valence-electron chi connectivity index (χ3n) is 3.40. The van der Waals surface area contributed by atoms with Crippen molar-refractivity contribution in [2.24, 2.45) is 0 Å². The Morgan fingerprint density at radius 2 is 2.43 bits per heavy atom. The van der Waals surface area contributed by atoms with Gasteiger partial charge in [0.1, 0.15) is 0 Å². The number of hydrogen-bond acceptors (Lipinski definition) is 6. The average Bonchev–Trinajstić information content (AvgIpc) is 2.91. The smallest absolute Gasteiger partial charge is 0.0900 e. The highest BCUT2D eigenvalue weighted by Crippen LogP contribution is 2.10. The lowest BCUT2D eigenvalue weighted by atomic mass is 10.2. The molecular weight excluding hydrogens is 288 g/mol. The molecule has 1 fully saturated rings. The number of aliphatic hydroxyl groups is 1. The molecule has 0 aliphatic carbocycles. The van der Waals surface area contributed by atoms with E-state index in [-0.39, 0.29) is 6.10 Å². The number of hydrogen-bond donors (Lipinski definition) is 1. The molecule has 6 heteroatoms. The predicted molar refractivity (Wildman–Crippen MR) is 84.7 cm³/mol. The minimum Gasteiger partial charge on any atom is -0.389 e. The lowest BCUT2D eigenvalue weighted by molar-refractivity contribution is -0.0583. The molecule has 0 radical (unpaired) electrons. The van der Waals surface area contributed by atoms with Crippen molar-refractivity contribution in [1.29, 1.82) is 0 Å². The monoisotopic (exact) mass is 314 g/mol. The standard InChI is InChI=1S/C15H26N2O3S/c1-16(2)9-14-10-17(5-6-20-14)8-13(18)11-19-12-15-4-3-7-21-15/h3-4,7,13-14,18H,5-6,8-12H2,1-2H3/t13-,14+/m0/s1. The van der Waals surface area contributed by atoms with E-state index >= 15 is 0 Å². The molecule has 2 heterocycles. The summed E-state index contributed by atoms with van der Waals surface area (Å²) in [5.74, 6) is 0. The molecule has 1 saturated heterocycles. The molecule has 21 heavy (non-hydrogen) atoms. The third-order valence-corrected chi connectivity index (χ3v) is 4.25. The van der Waals surface area contributed by atoms with Crippen LogP contribution in [0, 0.1) is 0 Å². The van der Waals surface area contributed by atoms with Crippen LogP contribution in [0.25, 0.3) is 0 Å². The van der Waals surface area contributed by atoms with Crippen LogP contribution >= 0.6 is 11.3 Å². The Kier molecular flexibility index (Phi) is 7.09. The molecule has 2 atom stereocenters. The minimum atomic E-state index is -0.442. The van der Waals surface area contributed by atoms with Gasteiger partial charge in [-0.1, -0.05) is 6.07 Å². The van der Waals surface area contributed by atoms with Gasteiger partial charge in [0.25, 0.3) is 0 Å². The Morgan fingerprint density at radius 3 is 3.14 bits per heavy atom. The number of morpholine rings is 1. The van der Waals surface area contributed by atoms with Gasteiger partial charge in [0, 0.05) is 31.1 Å². The molecular formula is C15H26N2O3S. The van der Waals surface area contributed by atoms with E-state index in [9.17, 15) is 5.11 Å². The molecule has 120 valence electrons. The summed E-state index contributed by atoms with van der Waals surface area (Å²) in [5, 5.41) is 12.1. The summed E-state index contributed by atoms with van der Waals surface area (Å²) < 4.78 is 11.3. The molecule has 0 bridgehead atoms. The van der Waals surface area contributed by atoms with Gasteiger partial charge in [-0.05, 0) is 25.5 Å². The van der Waals surface area contributed by atoms with Crippen molar-refractivity contribution < 1.29 is 14.6 Å². The molecule has 1 aromatic rings. The van der Waals surface area contributed by atoms with E-state index in [4.69, 9.17) is 9.47 Å². The van der Waals surface area contributed by atoms with Crippen LogP contribution in [0.2, 0.25) is 0 Å². The topological polar surface area (TPSA) is 45.2 Å². The lowest BCUT2D eigenvalue weighted by Crippen LogP contribution is -2.49. The van der Waals surface area contributed by atoms with Gasteiger partial charge in [-0.25, -0.2) is 0 Å². The lowest BCUT2D eigenvalue weighted by Gasteiger charge is -2.35. The van der Waals surface area contributed by atoms with Gasteiger partial charge < -0.3 is 19.5 Å². The first kappa shape index (κ1) is 16.9. The number of β-amino-alcohol motifs (C(OH)–C–C–N with tert-alkyl or cyclic N) is 1.